The molecule has 11 aromatic rings. The molecule has 0 N–H and O–H groups in total. The lowest BCUT2D eigenvalue weighted by atomic mass is 9.59. The van der Waals surface area contributed by atoms with E-state index in [2.05, 4.69) is 196 Å². The highest BCUT2D eigenvalue weighted by Crippen LogP contribution is 2.43. The van der Waals surface area contributed by atoms with Crippen molar-refractivity contribution in [1.82, 2.24) is 0 Å². The highest BCUT2D eigenvalue weighted by Gasteiger charge is 2.25. The van der Waals surface area contributed by atoms with Crippen LogP contribution in [0.2, 0.25) is 0 Å². The Kier molecular flexibility index (Phi) is 8.02. The van der Waals surface area contributed by atoms with Crippen LogP contribution in [0.4, 0.5) is 0 Å². The molecule has 59 heavy (non-hydrogen) atoms. The molecule has 0 saturated heterocycles. The standard InChI is InChI=1S/C50H38B8O/c51-42-38-36(26-12-9-23(10-13-26)27-16-18-31-28(21-27)14-11-24-5-1-3-7-30(24)31)39-41(45(54)49(58)47(56)43(39)52)37(40(38)44(53)48(57)46(42)55)29-17-20-35-34(22-29)33-19-15-25-6-2-4-8-32(25)50(33)59-35/h1-22H,51-58H2. The first-order valence-corrected chi connectivity index (χ1v) is 20.9. The molecule has 0 radical (unpaired) electrons. The number of furan rings is 1. The van der Waals surface area contributed by atoms with Crippen LogP contribution in [-0.2, 0) is 0 Å². The fourth-order valence-corrected chi connectivity index (χ4v) is 10.4. The zero-order valence-electron chi connectivity index (χ0n) is 35.1. The van der Waals surface area contributed by atoms with E-state index in [4.69, 9.17) is 4.42 Å². The molecule has 0 aliphatic rings. The Bertz CT molecular complexity index is 3560. The molecule has 0 amide bonds. The van der Waals surface area contributed by atoms with Gasteiger partial charge in [-0.1, -0.05) is 131 Å². The molecule has 0 spiro atoms. The summed E-state index contributed by atoms with van der Waals surface area (Å²) in [5, 5.41) is 15.2. The van der Waals surface area contributed by atoms with E-state index in [9.17, 15) is 0 Å². The van der Waals surface area contributed by atoms with Crippen molar-refractivity contribution in [2.75, 3.05) is 0 Å². The normalized spacial score (nSPS) is 11.9. The molecule has 0 aliphatic heterocycles. The van der Waals surface area contributed by atoms with Crippen LogP contribution >= 0.6 is 0 Å². The summed E-state index contributed by atoms with van der Waals surface area (Å²) in [7, 11) is 18.6. The largest absolute Gasteiger partial charge is 0.455 e. The van der Waals surface area contributed by atoms with Gasteiger partial charge in [0, 0.05) is 16.2 Å². The molecule has 268 valence electrons. The van der Waals surface area contributed by atoms with E-state index >= 15 is 0 Å². The lowest BCUT2D eigenvalue weighted by Gasteiger charge is -2.28. The van der Waals surface area contributed by atoms with Crippen molar-refractivity contribution in [2.45, 2.75) is 0 Å². The molecule has 0 bridgehead atoms. The Morgan fingerprint density at radius 1 is 0.288 bits per heavy atom. The average Bonchev–Trinajstić information content (AvgIpc) is 3.66. The van der Waals surface area contributed by atoms with Gasteiger partial charge in [-0.2, -0.15) is 0 Å². The molecule has 0 aliphatic carbocycles. The van der Waals surface area contributed by atoms with E-state index in [1.54, 1.807) is 0 Å². The quantitative estimate of drug-likeness (QED) is 0.146. The first-order valence-electron chi connectivity index (χ1n) is 20.9. The van der Waals surface area contributed by atoms with Crippen molar-refractivity contribution in [3.63, 3.8) is 0 Å². The lowest BCUT2D eigenvalue weighted by Crippen LogP contribution is -2.50. The Labute approximate surface area is 351 Å². The second-order valence-electron chi connectivity index (χ2n) is 17.0. The van der Waals surface area contributed by atoms with E-state index in [1.807, 2.05) is 0 Å². The second-order valence-corrected chi connectivity index (χ2v) is 17.0. The van der Waals surface area contributed by atoms with Gasteiger partial charge in [0.15, 0.2) is 0 Å². The molecule has 0 saturated carbocycles. The van der Waals surface area contributed by atoms with Crippen molar-refractivity contribution in [2.24, 2.45) is 0 Å². The first kappa shape index (κ1) is 35.9. The Hall–Kier alpha value is -6.18. The molecular weight excluding hydrogens is 703 g/mol. The summed E-state index contributed by atoms with van der Waals surface area (Å²) in [5.41, 5.74) is 20.3. The van der Waals surface area contributed by atoms with Crippen LogP contribution in [-0.4, -0.2) is 62.8 Å². The predicted molar refractivity (Wildman–Crippen MR) is 283 cm³/mol. The second kappa shape index (κ2) is 13.2. The van der Waals surface area contributed by atoms with Crippen LogP contribution in [0.1, 0.15) is 0 Å². The maximum absolute atomic E-state index is 6.64. The summed E-state index contributed by atoms with van der Waals surface area (Å²) in [5.74, 6) is 0. The molecule has 1 nitrogen and oxygen atoms in total. The molecule has 0 atom stereocenters. The fourth-order valence-electron chi connectivity index (χ4n) is 10.4. The van der Waals surface area contributed by atoms with Gasteiger partial charge in [0.05, 0.1) is 0 Å². The van der Waals surface area contributed by atoms with Crippen molar-refractivity contribution in [3.8, 4) is 33.4 Å². The Morgan fingerprint density at radius 2 is 0.729 bits per heavy atom. The van der Waals surface area contributed by atoms with Gasteiger partial charge in [-0.25, -0.2) is 0 Å². The van der Waals surface area contributed by atoms with Crippen LogP contribution < -0.4 is 43.7 Å². The summed E-state index contributed by atoms with van der Waals surface area (Å²) in [6.45, 7) is 0. The maximum Gasteiger partial charge on any atom is 0.143 e. The van der Waals surface area contributed by atoms with Crippen LogP contribution in [0.15, 0.2) is 138 Å². The number of fused-ring (bicyclic) bond motifs is 10. The minimum atomic E-state index is 0.921. The number of rotatable bonds is 3. The van der Waals surface area contributed by atoms with Crippen LogP contribution in [0.3, 0.4) is 0 Å². The number of benzene rings is 10. The van der Waals surface area contributed by atoms with Crippen LogP contribution in [0, 0.1) is 0 Å². The Morgan fingerprint density at radius 3 is 1.36 bits per heavy atom. The van der Waals surface area contributed by atoms with E-state index < -0.39 is 0 Å². The minimum absolute atomic E-state index is 0.921. The van der Waals surface area contributed by atoms with Crippen molar-refractivity contribution in [3.05, 3.63) is 133 Å². The van der Waals surface area contributed by atoms with Gasteiger partial charge in [-0.3, -0.25) is 0 Å². The van der Waals surface area contributed by atoms with Gasteiger partial charge in [-0.05, 0) is 106 Å². The minimum Gasteiger partial charge on any atom is -0.455 e. The van der Waals surface area contributed by atoms with Gasteiger partial charge in [-0.15, -0.1) is 21.9 Å². The van der Waals surface area contributed by atoms with Crippen molar-refractivity contribution in [1.29, 1.82) is 0 Å². The van der Waals surface area contributed by atoms with E-state index in [0.29, 0.717) is 0 Å². The van der Waals surface area contributed by atoms with Gasteiger partial charge >= 0.3 is 0 Å². The fraction of sp³-hybridized carbons (Fsp3) is 0. The monoisotopic (exact) mass is 742 g/mol. The van der Waals surface area contributed by atoms with Gasteiger partial charge in [0.1, 0.15) is 73.9 Å². The maximum atomic E-state index is 6.64. The third kappa shape index (κ3) is 5.16. The van der Waals surface area contributed by atoms with Crippen LogP contribution in [0.25, 0.3) is 109 Å². The predicted octanol–water partition coefficient (Wildman–Crippen LogP) is 0.420. The third-order valence-electron chi connectivity index (χ3n) is 14.3. The number of hydrogen-bond donors (Lipinski definition) is 0. The molecule has 1 aromatic heterocycles. The molecule has 9 heteroatoms. The number of hydrogen-bond acceptors (Lipinski definition) is 1. The molecule has 11 rings (SSSR count). The van der Waals surface area contributed by atoms with Crippen molar-refractivity contribution >= 4 is 182 Å². The van der Waals surface area contributed by atoms with E-state index in [-0.39, 0.29) is 0 Å². The summed E-state index contributed by atoms with van der Waals surface area (Å²) < 4.78 is 6.64. The van der Waals surface area contributed by atoms with E-state index in [0.717, 1.165) is 27.3 Å². The molecular formula is C50H38B8O. The van der Waals surface area contributed by atoms with E-state index in [1.165, 1.54) is 126 Å². The lowest BCUT2D eigenvalue weighted by molar-refractivity contribution is 0.672. The highest BCUT2D eigenvalue weighted by atomic mass is 16.3. The third-order valence-corrected chi connectivity index (χ3v) is 14.3. The van der Waals surface area contributed by atoms with Crippen LogP contribution in [0.5, 0.6) is 0 Å². The summed E-state index contributed by atoms with van der Waals surface area (Å²) in [6.07, 6.45) is 0. The summed E-state index contributed by atoms with van der Waals surface area (Å²) in [4.78, 5) is 0. The summed E-state index contributed by atoms with van der Waals surface area (Å²) in [6, 6.07) is 49.4. The van der Waals surface area contributed by atoms with Crippen molar-refractivity contribution < 1.29 is 4.42 Å². The topological polar surface area (TPSA) is 13.1 Å². The zero-order valence-corrected chi connectivity index (χ0v) is 35.1. The first-order chi connectivity index (χ1) is 28.6. The molecule has 0 unspecified atom stereocenters. The average molecular weight is 741 g/mol. The van der Waals surface area contributed by atoms with Gasteiger partial charge in [0.2, 0.25) is 0 Å². The molecule has 1 heterocycles. The smallest absolute Gasteiger partial charge is 0.143 e. The van der Waals surface area contributed by atoms with Gasteiger partial charge in [0.25, 0.3) is 0 Å². The zero-order chi connectivity index (χ0) is 40.4. The molecule has 10 aromatic carbocycles. The Balaban J connectivity index is 1.20. The molecule has 0 fully saturated rings. The van der Waals surface area contributed by atoms with Gasteiger partial charge < -0.3 is 4.42 Å². The summed E-state index contributed by atoms with van der Waals surface area (Å²) >= 11 is 0. The SMILES string of the molecule is Bc1c(B)c(B)c2c(-c3ccc4oc5c6ccccc6ccc5c4c3)c3c(B)c(B)c(B)c(B)c3c(-c3ccc(-c4ccc5c(ccc6ccccc65)c4)cc3)c2c1B. The highest BCUT2D eigenvalue weighted by molar-refractivity contribution is 6.71.